The van der Waals surface area contributed by atoms with Crippen LogP contribution in [0.4, 0.5) is 5.69 Å². The molecule has 20 heavy (non-hydrogen) atoms. The summed E-state index contributed by atoms with van der Waals surface area (Å²) in [7, 11) is 0. The standard InChI is InChI=1S/C13H12N4O3/c14-12(17-20)8-1-3-10(4-2-8)16-13(19)9-5-6-15-11(18)7-9/h1-7,20H,(H2,14,17)(H,15,18)(H,16,19). The topological polar surface area (TPSA) is 121 Å². The van der Waals surface area contributed by atoms with Crippen molar-refractivity contribution in [2.75, 3.05) is 5.32 Å². The fourth-order valence-corrected chi connectivity index (χ4v) is 1.57. The molecule has 102 valence electrons. The Balaban J connectivity index is 2.14. The highest BCUT2D eigenvalue weighted by molar-refractivity contribution is 6.04. The molecule has 0 fully saturated rings. The van der Waals surface area contributed by atoms with E-state index in [0.717, 1.165) is 0 Å². The fourth-order valence-electron chi connectivity index (χ4n) is 1.57. The molecule has 0 spiro atoms. The third-order valence-electron chi connectivity index (χ3n) is 2.58. The maximum atomic E-state index is 11.9. The predicted molar refractivity (Wildman–Crippen MR) is 74.0 cm³/mol. The number of nitrogens with two attached hydrogens (primary N) is 1. The summed E-state index contributed by atoms with van der Waals surface area (Å²) in [4.78, 5) is 25.4. The van der Waals surface area contributed by atoms with Crippen LogP contribution in [0.2, 0.25) is 0 Å². The third-order valence-corrected chi connectivity index (χ3v) is 2.58. The van der Waals surface area contributed by atoms with E-state index in [0.29, 0.717) is 11.3 Å². The number of pyridine rings is 1. The van der Waals surface area contributed by atoms with Gasteiger partial charge in [0.2, 0.25) is 5.56 Å². The van der Waals surface area contributed by atoms with E-state index >= 15 is 0 Å². The molecule has 0 atom stereocenters. The first-order valence-corrected chi connectivity index (χ1v) is 5.68. The van der Waals surface area contributed by atoms with Gasteiger partial charge in [-0.15, -0.1) is 0 Å². The first kappa shape index (κ1) is 13.3. The average Bonchev–Trinajstić information content (AvgIpc) is 2.47. The first-order valence-electron chi connectivity index (χ1n) is 5.68. The van der Waals surface area contributed by atoms with Gasteiger partial charge in [-0.2, -0.15) is 0 Å². The Hall–Kier alpha value is -3.09. The van der Waals surface area contributed by atoms with Gasteiger partial charge in [-0.05, 0) is 30.3 Å². The third kappa shape index (κ3) is 3.02. The van der Waals surface area contributed by atoms with Gasteiger partial charge in [-0.3, -0.25) is 9.59 Å². The van der Waals surface area contributed by atoms with E-state index in [-0.39, 0.29) is 17.0 Å². The van der Waals surface area contributed by atoms with Crippen LogP contribution in [-0.4, -0.2) is 21.9 Å². The van der Waals surface area contributed by atoms with Gasteiger partial charge in [0.25, 0.3) is 5.91 Å². The molecule has 0 unspecified atom stereocenters. The average molecular weight is 272 g/mol. The molecule has 0 radical (unpaired) electrons. The summed E-state index contributed by atoms with van der Waals surface area (Å²) >= 11 is 0. The Morgan fingerprint density at radius 2 is 1.90 bits per heavy atom. The number of nitrogens with zero attached hydrogens (tertiary/aromatic N) is 1. The summed E-state index contributed by atoms with van der Waals surface area (Å²) in [6, 6.07) is 9.13. The molecule has 0 aliphatic heterocycles. The van der Waals surface area contributed by atoms with Crippen molar-refractivity contribution in [3.05, 3.63) is 64.1 Å². The number of oxime groups is 1. The summed E-state index contributed by atoms with van der Waals surface area (Å²) < 4.78 is 0. The molecule has 1 aromatic heterocycles. The smallest absolute Gasteiger partial charge is 0.255 e. The number of hydrogen-bond donors (Lipinski definition) is 4. The van der Waals surface area contributed by atoms with Crippen LogP contribution < -0.4 is 16.6 Å². The molecule has 1 heterocycles. The molecule has 2 rings (SSSR count). The number of benzene rings is 1. The molecule has 0 aliphatic carbocycles. The maximum Gasteiger partial charge on any atom is 0.255 e. The van der Waals surface area contributed by atoms with Crippen molar-refractivity contribution in [1.82, 2.24) is 4.98 Å². The number of carbonyl (C=O) groups is 1. The van der Waals surface area contributed by atoms with E-state index in [1.807, 2.05) is 0 Å². The summed E-state index contributed by atoms with van der Waals surface area (Å²) in [5, 5.41) is 14.0. The minimum atomic E-state index is -0.396. The zero-order valence-electron chi connectivity index (χ0n) is 10.3. The number of aromatic nitrogens is 1. The van der Waals surface area contributed by atoms with E-state index in [1.54, 1.807) is 24.3 Å². The molecular formula is C13H12N4O3. The Morgan fingerprint density at radius 3 is 2.50 bits per heavy atom. The normalized spacial score (nSPS) is 11.1. The second-order valence-corrected chi connectivity index (χ2v) is 3.96. The van der Waals surface area contributed by atoms with Crippen LogP contribution in [0.5, 0.6) is 0 Å². The van der Waals surface area contributed by atoms with Gasteiger partial charge in [-0.1, -0.05) is 5.16 Å². The number of anilines is 1. The Morgan fingerprint density at radius 1 is 1.20 bits per heavy atom. The second-order valence-electron chi connectivity index (χ2n) is 3.96. The van der Waals surface area contributed by atoms with Crippen LogP contribution in [-0.2, 0) is 0 Å². The summed E-state index contributed by atoms with van der Waals surface area (Å²) in [6.45, 7) is 0. The Bertz CT molecular complexity index is 704. The lowest BCUT2D eigenvalue weighted by molar-refractivity contribution is 0.102. The molecule has 5 N–H and O–H groups in total. The molecular weight excluding hydrogens is 260 g/mol. The number of aromatic amines is 1. The van der Waals surface area contributed by atoms with E-state index < -0.39 is 5.91 Å². The quantitative estimate of drug-likeness (QED) is 0.285. The van der Waals surface area contributed by atoms with Gasteiger partial charge in [-0.25, -0.2) is 0 Å². The Kier molecular flexibility index (Phi) is 3.80. The zero-order chi connectivity index (χ0) is 14.5. The van der Waals surface area contributed by atoms with E-state index in [4.69, 9.17) is 10.9 Å². The fraction of sp³-hybridized carbons (Fsp3) is 0. The van der Waals surface area contributed by atoms with Crippen molar-refractivity contribution < 1.29 is 10.0 Å². The van der Waals surface area contributed by atoms with Crippen LogP contribution in [0.25, 0.3) is 0 Å². The van der Waals surface area contributed by atoms with E-state index in [1.165, 1.54) is 18.3 Å². The van der Waals surface area contributed by atoms with Crippen LogP contribution >= 0.6 is 0 Å². The van der Waals surface area contributed by atoms with Crippen molar-refractivity contribution in [1.29, 1.82) is 0 Å². The van der Waals surface area contributed by atoms with Gasteiger partial charge < -0.3 is 21.2 Å². The van der Waals surface area contributed by atoms with Crippen molar-refractivity contribution in [2.24, 2.45) is 10.9 Å². The van der Waals surface area contributed by atoms with Crippen LogP contribution in [0, 0.1) is 0 Å². The van der Waals surface area contributed by atoms with E-state index in [2.05, 4.69) is 15.5 Å². The lowest BCUT2D eigenvalue weighted by Gasteiger charge is -2.05. The highest BCUT2D eigenvalue weighted by Crippen LogP contribution is 2.10. The number of amidine groups is 1. The van der Waals surface area contributed by atoms with Gasteiger partial charge in [0, 0.05) is 29.1 Å². The molecule has 1 aromatic carbocycles. The number of carbonyl (C=O) groups excluding carboxylic acids is 1. The Labute approximate surface area is 113 Å². The highest BCUT2D eigenvalue weighted by Gasteiger charge is 2.07. The SMILES string of the molecule is N/C(=N/O)c1ccc(NC(=O)c2cc[nH]c(=O)c2)cc1. The number of rotatable bonds is 3. The van der Waals surface area contributed by atoms with Gasteiger partial charge in [0.15, 0.2) is 5.84 Å². The minimum absolute atomic E-state index is 0.0162. The molecule has 0 saturated carbocycles. The second kappa shape index (κ2) is 5.70. The monoisotopic (exact) mass is 272 g/mol. The van der Waals surface area contributed by atoms with Crippen LogP contribution in [0.3, 0.4) is 0 Å². The highest BCUT2D eigenvalue weighted by atomic mass is 16.4. The lowest BCUT2D eigenvalue weighted by atomic mass is 10.2. The summed E-state index contributed by atoms with van der Waals surface area (Å²) in [5.74, 6) is -0.412. The predicted octanol–water partition coefficient (Wildman–Crippen LogP) is 0.722. The lowest BCUT2D eigenvalue weighted by Crippen LogP contribution is -2.16. The molecule has 2 aromatic rings. The molecule has 0 saturated heterocycles. The molecule has 7 heteroatoms. The van der Waals surface area contributed by atoms with Crippen molar-refractivity contribution >= 4 is 17.4 Å². The molecule has 1 amide bonds. The zero-order valence-corrected chi connectivity index (χ0v) is 10.3. The maximum absolute atomic E-state index is 11.9. The summed E-state index contributed by atoms with van der Waals surface area (Å²) in [5.41, 5.74) is 6.40. The van der Waals surface area contributed by atoms with Crippen molar-refractivity contribution in [2.45, 2.75) is 0 Å². The summed E-state index contributed by atoms with van der Waals surface area (Å²) in [6.07, 6.45) is 1.40. The molecule has 0 bridgehead atoms. The molecule has 0 aliphatic rings. The van der Waals surface area contributed by atoms with Crippen molar-refractivity contribution in [3.8, 4) is 0 Å². The minimum Gasteiger partial charge on any atom is -0.409 e. The van der Waals surface area contributed by atoms with Gasteiger partial charge in [0.05, 0.1) is 0 Å². The van der Waals surface area contributed by atoms with Crippen molar-refractivity contribution in [3.63, 3.8) is 0 Å². The first-order chi connectivity index (χ1) is 9.60. The van der Waals surface area contributed by atoms with Crippen LogP contribution in [0.1, 0.15) is 15.9 Å². The largest absolute Gasteiger partial charge is 0.409 e. The van der Waals surface area contributed by atoms with Crippen LogP contribution in [0.15, 0.2) is 52.5 Å². The van der Waals surface area contributed by atoms with Gasteiger partial charge >= 0.3 is 0 Å². The number of nitrogens with one attached hydrogen (secondary N) is 2. The molecule has 7 nitrogen and oxygen atoms in total. The van der Waals surface area contributed by atoms with Gasteiger partial charge in [0.1, 0.15) is 0 Å². The number of amides is 1. The number of H-pyrrole nitrogens is 1. The number of hydrogen-bond acceptors (Lipinski definition) is 4. The van der Waals surface area contributed by atoms with E-state index in [9.17, 15) is 9.59 Å².